The van der Waals surface area contributed by atoms with E-state index in [1.165, 1.54) is 12.8 Å². The Morgan fingerprint density at radius 2 is 2.25 bits per heavy atom. The minimum atomic E-state index is 0.830. The Morgan fingerprint density at radius 3 is 2.62 bits per heavy atom. The van der Waals surface area contributed by atoms with Gasteiger partial charge in [-0.2, -0.15) is 11.8 Å². The van der Waals surface area contributed by atoms with Crippen molar-refractivity contribution in [2.45, 2.75) is 31.4 Å². The van der Waals surface area contributed by atoms with E-state index in [0.717, 1.165) is 11.7 Å². The molecule has 1 atom stereocenters. The lowest BCUT2D eigenvalue weighted by atomic mass is 10.2. The topological polar surface area (TPSA) is 0 Å². The summed E-state index contributed by atoms with van der Waals surface area (Å²) in [5, 5.41) is 0.830. The monoisotopic (exact) mass is 131 g/mol. The van der Waals surface area contributed by atoms with Crippen LogP contribution in [0.2, 0.25) is 0 Å². The van der Waals surface area contributed by atoms with Crippen LogP contribution in [-0.2, 0) is 0 Å². The van der Waals surface area contributed by atoms with Gasteiger partial charge < -0.3 is 0 Å². The highest BCUT2D eigenvalue weighted by Crippen LogP contribution is 2.12. The summed E-state index contributed by atoms with van der Waals surface area (Å²) in [6.45, 7) is 6.05. The average Bonchev–Trinajstić information content (AvgIpc) is 1.83. The van der Waals surface area contributed by atoms with Crippen molar-refractivity contribution in [2.24, 2.45) is 0 Å². The van der Waals surface area contributed by atoms with Gasteiger partial charge in [-0.1, -0.05) is 26.7 Å². The van der Waals surface area contributed by atoms with E-state index < -0.39 is 0 Å². The molecule has 0 heterocycles. The van der Waals surface area contributed by atoms with Gasteiger partial charge in [-0.05, 0) is 12.7 Å². The van der Waals surface area contributed by atoms with Crippen LogP contribution in [0.1, 0.15) is 26.2 Å². The lowest BCUT2D eigenvalue weighted by Gasteiger charge is -2.04. The third kappa shape index (κ3) is 4.51. The van der Waals surface area contributed by atoms with Crippen molar-refractivity contribution in [1.82, 2.24) is 0 Å². The Morgan fingerprint density at radius 1 is 1.62 bits per heavy atom. The second-order valence-electron chi connectivity index (χ2n) is 2.04. The third-order valence-electron chi connectivity index (χ3n) is 1.26. The molecule has 0 N–H and O–H groups in total. The van der Waals surface area contributed by atoms with Crippen molar-refractivity contribution in [1.29, 1.82) is 0 Å². The minimum absolute atomic E-state index is 0.830. The molecule has 49 valence electrons. The molecule has 0 aliphatic carbocycles. The quantitative estimate of drug-likeness (QED) is 0.565. The zero-order valence-electron chi connectivity index (χ0n) is 5.81. The molecule has 1 heteroatoms. The van der Waals surface area contributed by atoms with Crippen LogP contribution in [0.25, 0.3) is 0 Å². The zero-order chi connectivity index (χ0) is 6.41. The molecule has 1 radical (unpaired) electrons. The van der Waals surface area contributed by atoms with E-state index in [4.69, 9.17) is 0 Å². The van der Waals surface area contributed by atoms with Crippen molar-refractivity contribution in [3.8, 4) is 0 Å². The molecule has 0 aromatic carbocycles. The lowest BCUT2D eigenvalue weighted by Crippen LogP contribution is -1.92. The summed E-state index contributed by atoms with van der Waals surface area (Å²) in [6, 6.07) is 0. The standard InChI is InChI=1S/C7H15S/c1-4-5-6-7(2)8-3/h7H,1,4-6H2,2-3H3. The fourth-order valence-corrected chi connectivity index (χ4v) is 0.952. The largest absolute Gasteiger partial charge is 0.162 e. The van der Waals surface area contributed by atoms with Crippen molar-refractivity contribution in [3.05, 3.63) is 6.92 Å². The molecule has 0 amide bonds. The highest BCUT2D eigenvalue weighted by Gasteiger charge is 1.95. The molecule has 0 saturated carbocycles. The van der Waals surface area contributed by atoms with E-state index >= 15 is 0 Å². The number of unbranched alkanes of at least 4 members (excludes halogenated alkanes) is 1. The summed E-state index contributed by atoms with van der Waals surface area (Å²) in [4.78, 5) is 0. The maximum absolute atomic E-state index is 3.78. The van der Waals surface area contributed by atoms with Crippen LogP contribution >= 0.6 is 11.8 Å². The van der Waals surface area contributed by atoms with Crippen LogP contribution in [0.5, 0.6) is 0 Å². The zero-order valence-corrected chi connectivity index (χ0v) is 6.63. The molecular weight excluding hydrogens is 116 g/mol. The van der Waals surface area contributed by atoms with E-state index in [2.05, 4.69) is 20.1 Å². The Labute approximate surface area is 57.1 Å². The first kappa shape index (κ1) is 8.35. The molecule has 0 aromatic heterocycles. The van der Waals surface area contributed by atoms with E-state index in [1.54, 1.807) is 0 Å². The molecule has 0 spiro atoms. The number of hydrogen-bond donors (Lipinski definition) is 0. The molecule has 0 aliphatic heterocycles. The lowest BCUT2D eigenvalue weighted by molar-refractivity contribution is 0.741. The number of thioether (sulfide) groups is 1. The fourth-order valence-electron chi connectivity index (χ4n) is 0.550. The Bertz CT molecular complexity index is 43.7. The van der Waals surface area contributed by atoms with Crippen LogP contribution in [-0.4, -0.2) is 11.5 Å². The molecule has 0 fully saturated rings. The highest BCUT2D eigenvalue weighted by atomic mass is 32.2. The van der Waals surface area contributed by atoms with E-state index in [0.29, 0.717) is 0 Å². The van der Waals surface area contributed by atoms with Crippen molar-refractivity contribution in [3.63, 3.8) is 0 Å². The summed E-state index contributed by atoms with van der Waals surface area (Å²) in [6.07, 6.45) is 5.85. The first-order valence-electron chi connectivity index (χ1n) is 3.13. The van der Waals surface area contributed by atoms with Gasteiger partial charge in [0.2, 0.25) is 0 Å². The van der Waals surface area contributed by atoms with Crippen LogP contribution in [0, 0.1) is 6.92 Å². The Hall–Kier alpha value is 0.350. The molecule has 8 heavy (non-hydrogen) atoms. The van der Waals surface area contributed by atoms with Gasteiger partial charge in [0.1, 0.15) is 0 Å². The maximum Gasteiger partial charge on any atom is 0.00159 e. The normalized spacial score (nSPS) is 13.9. The molecule has 1 unspecified atom stereocenters. The Balaban J connectivity index is 2.86. The van der Waals surface area contributed by atoms with E-state index in [-0.39, 0.29) is 0 Å². The van der Waals surface area contributed by atoms with Gasteiger partial charge in [-0.25, -0.2) is 0 Å². The van der Waals surface area contributed by atoms with E-state index in [9.17, 15) is 0 Å². The fraction of sp³-hybridized carbons (Fsp3) is 0.857. The molecule has 0 rings (SSSR count). The average molecular weight is 131 g/mol. The predicted octanol–water partition coefficient (Wildman–Crippen LogP) is 2.74. The molecule has 0 aromatic rings. The van der Waals surface area contributed by atoms with Crippen molar-refractivity contribution < 1.29 is 0 Å². The Kier molecular flexibility index (Phi) is 5.73. The third-order valence-corrected chi connectivity index (χ3v) is 2.30. The minimum Gasteiger partial charge on any atom is -0.162 e. The molecule has 0 nitrogen and oxygen atoms in total. The van der Waals surface area contributed by atoms with Crippen LogP contribution < -0.4 is 0 Å². The van der Waals surface area contributed by atoms with Crippen molar-refractivity contribution in [2.75, 3.05) is 6.26 Å². The first-order chi connectivity index (χ1) is 3.81. The SMILES string of the molecule is [CH2]CCCC(C)SC. The highest BCUT2D eigenvalue weighted by molar-refractivity contribution is 7.99. The molecule has 0 saturated heterocycles. The maximum atomic E-state index is 3.78. The summed E-state index contributed by atoms with van der Waals surface area (Å²) in [5.41, 5.74) is 0. The second kappa shape index (κ2) is 5.49. The molecule has 0 bridgehead atoms. The summed E-state index contributed by atoms with van der Waals surface area (Å²) < 4.78 is 0. The smallest absolute Gasteiger partial charge is 0.00159 e. The van der Waals surface area contributed by atoms with Gasteiger partial charge >= 0.3 is 0 Å². The first-order valence-corrected chi connectivity index (χ1v) is 4.42. The predicted molar refractivity (Wildman–Crippen MR) is 42.2 cm³/mol. The van der Waals surface area contributed by atoms with Crippen LogP contribution in [0.3, 0.4) is 0 Å². The van der Waals surface area contributed by atoms with Gasteiger partial charge in [0.15, 0.2) is 0 Å². The summed E-state index contributed by atoms with van der Waals surface area (Å²) in [7, 11) is 0. The summed E-state index contributed by atoms with van der Waals surface area (Å²) in [5.74, 6) is 0. The summed E-state index contributed by atoms with van der Waals surface area (Å²) >= 11 is 1.94. The van der Waals surface area contributed by atoms with Crippen LogP contribution in [0.15, 0.2) is 0 Å². The van der Waals surface area contributed by atoms with Gasteiger partial charge in [0.05, 0.1) is 0 Å². The number of hydrogen-bond acceptors (Lipinski definition) is 1. The number of rotatable bonds is 4. The van der Waals surface area contributed by atoms with Gasteiger partial charge in [-0.3, -0.25) is 0 Å². The van der Waals surface area contributed by atoms with Gasteiger partial charge in [0, 0.05) is 5.25 Å². The van der Waals surface area contributed by atoms with E-state index in [1.807, 2.05) is 11.8 Å². The van der Waals surface area contributed by atoms with Crippen LogP contribution in [0.4, 0.5) is 0 Å². The van der Waals surface area contributed by atoms with Gasteiger partial charge in [-0.15, -0.1) is 0 Å². The molecule has 0 aliphatic rings. The van der Waals surface area contributed by atoms with Crippen molar-refractivity contribution >= 4 is 11.8 Å². The molecular formula is C7H15S. The second-order valence-corrected chi connectivity index (χ2v) is 3.32. The van der Waals surface area contributed by atoms with Gasteiger partial charge in [0.25, 0.3) is 0 Å².